The molecule has 0 bridgehead atoms. The number of piperidine rings is 1. The van der Waals surface area contributed by atoms with E-state index in [2.05, 4.69) is 22.0 Å². The number of ether oxygens (including phenoxy) is 1. The number of amides is 1. The minimum atomic E-state index is -0.225. The molecule has 1 aromatic heterocycles. The molecule has 5 rings (SSSR count). The number of methoxy groups -OCH3 is 1. The van der Waals surface area contributed by atoms with E-state index >= 15 is 0 Å². The molecule has 3 heterocycles. The molecule has 0 unspecified atom stereocenters. The number of fused-ring (bicyclic) bond motifs is 2. The Bertz CT molecular complexity index is 1250. The Morgan fingerprint density at radius 1 is 1.14 bits per heavy atom. The molecular weight excluding hydrogens is 465 g/mol. The van der Waals surface area contributed by atoms with Crippen LogP contribution in [0.1, 0.15) is 34.3 Å². The lowest BCUT2D eigenvalue weighted by Crippen LogP contribution is -2.46. The van der Waals surface area contributed by atoms with Crippen LogP contribution in [0.3, 0.4) is 0 Å². The molecule has 0 radical (unpaired) electrons. The van der Waals surface area contributed by atoms with Crippen LogP contribution in [-0.2, 0) is 5.41 Å². The normalized spacial score (nSPS) is 17.2. The number of aromatic nitrogens is 1. The fourth-order valence-electron chi connectivity index (χ4n) is 5.15. The van der Waals surface area contributed by atoms with Crippen LogP contribution in [0.2, 0.25) is 5.15 Å². The molecule has 0 aliphatic carbocycles. The highest BCUT2D eigenvalue weighted by atomic mass is 35.5. The van der Waals surface area contributed by atoms with Gasteiger partial charge >= 0.3 is 0 Å². The van der Waals surface area contributed by atoms with Crippen LogP contribution < -0.4 is 9.64 Å². The van der Waals surface area contributed by atoms with Gasteiger partial charge in [0.15, 0.2) is 0 Å². The Balaban J connectivity index is 1.33. The number of carbonyl (C=O) groups is 1. The van der Waals surface area contributed by atoms with Crippen LogP contribution in [0.5, 0.6) is 5.75 Å². The summed E-state index contributed by atoms with van der Waals surface area (Å²) in [5.41, 5.74) is 3.52. The number of anilines is 1. The topological polar surface area (TPSA) is 45.7 Å². The zero-order chi connectivity index (χ0) is 24.4. The molecule has 5 nitrogen and oxygen atoms in total. The van der Waals surface area contributed by atoms with E-state index in [1.54, 1.807) is 37.6 Å². The van der Waals surface area contributed by atoms with Crippen molar-refractivity contribution < 1.29 is 13.9 Å². The van der Waals surface area contributed by atoms with Crippen molar-refractivity contribution in [3.8, 4) is 5.75 Å². The molecule has 180 valence electrons. The molecule has 2 aliphatic rings. The van der Waals surface area contributed by atoms with Gasteiger partial charge in [0.2, 0.25) is 0 Å². The molecule has 35 heavy (non-hydrogen) atoms. The third-order valence-electron chi connectivity index (χ3n) is 7.10. The average molecular weight is 492 g/mol. The first kappa shape index (κ1) is 23.5. The van der Waals surface area contributed by atoms with E-state index in [-0.39, 0.29) is 17.1 Å². The maximum atomic E-state index is 13.5. The second-order valence-electron chi connectivity index (χ2n) is 9.18. The number of benzene rings is 2. The molecule has 3 aromatic rings. The van der Waals surface area contributed by atoms with Gasteiger partial charge in [-0.15, -0.1) is 0 Å². The van der Waals surface area contributed by atoms with Gasteiger partial charge in [0.25, 0.3) is 5.91 Å². The molecule has 1 fully saturated rings. The lowest BCUT2D eigenvalue weighted by Gasteiger charge is -2.39. The second kappa shape index (κ2) is 9.80. The van der Waals surface area contributed by atoms with Gasteiger partial charge in [0.05, 0.1) is 7.11 Å². The number of hydrogen-bond acceptors (Lipinski definition) is 4. The van der Waals surface area contributed by atoms with Crippen LogP contribution >= 0.6 is 11.6 Å². The van der Waals surface area contributed by atoms with Crippen molar-refractivity contribution in [2.24, 2.45) is 0 Å². The summed E-state index contributed by atoms with van der Waals surface area (Å²) < 4.78 is 18.6. The van der Waals surface area contributed by atoms with E-state index in [1.807, 2.05) is 23.1 Å². The number of halogens is 2. The van der Waals surface area contributed by atoms with Crippen LogP contribution in [0.25, 0.3) is 6.08 Å². The quantitative estimate of drug-likeness (QED) is 0.436. The smallest absolute Gasteiger partial charge is 0.258 e. The van der Waals surface area contributed by atoms with Gasteiger partial charge in [-0.2, -0.15) is 0 Å². The van der Waals surface area contributed by atoms with Gasteiger partial charge in [0, 0.05) is 36.0 Å². The first-order valence-electron chi connectivity index (χ1n) is 11.7. The molecule has 1 amide bonds. The van der Waals surface area contributed by atoms with E-state index < -0.39 is 0 Å². The maximum Gasteiger partial charge on any atom is 0.258 e. The highest BCUT2D eigenvalue weighted by molar-refractivity contribution is 6.29. The SMILES string of the molecule is COc1ccc2c(c1)C1(CCN(CC=Cc3ccc(F)cc3)CC1)CN2C(=O)c1ccnc(Cl)c1. The van der Waals surface area contributed by atoms with Crippen molar-refractivity contribution in [3.63, 3.8) is 0 Å². The van der Waals surface area contributed by atoms with Crippen molar-refractivity contribution in [2.75, 3.05) is 38.2 Å². The van der Waals surface area contributed by atoms with Crippen molar-refractivity contribution >= 4 is 29.3 Å². The summed E-state index contributed by atoms with van der Waals surface area (Å²) in [6, 6.07) is 15.8. The summed E-state index contributed by atoms with van der Waals surface area (Å²) in [5.74, 6) is 0.507. The Hall–Kier alpha value is -3.22. The predicted octanol–water partition coefficient (Wildman–Crippen LogP) is 5.59. The summed E-state index contributed by atoms with van der Waals surface area (Å²) >= 11 is 6.06. The van der Waals surface area contributed by atoms with Gasteiger partial charge in [-0.05, 0) is 79.5 Å². The number of likely N-dealkylation sites (tertiary alicyclic amines) is 1. The summed E-state index contributed by atoms with van der Waals surface area (Å²) in [6.45, 7) is 3.31. The Morgan fingerprint density at radius 2 is 1.91 bits per heavy atom. The monoisotopic (exact) mass is 491 g/mol. The zero-order valence-electron chi connectivity index (χ0n) is 19.6. The van der Waals surface area contributed by atoms with Gasteiger partial charge in [-0.1, -0.05) is 35.9 Å². The number of nitrogens with zero attached hydrogens (tertiary/aromatic N) is 3. The number of rotatable bonds is 5. The standard InChI is InChI=1S/C28H27ClFN3O2/c1-35-23-8-9-25-24(18-23)28(19-33(25)27(34)21-10-13-31-26(29)17-21)11-15-32(16-12-28)14-2-3-20-4-6-22(30)7-5-20/h2-10,13,17-18H,11-12,14-16,19H2,1H3. The number of hydrogen-bond donors (Lipinski definition) is 0. The number of pyridine rings is 1. The lowest BCUT2D eigenvalue weighted by molar-refractivity contribution is 0.0977. The molecule has 0 N–H and O–H groups in total. The van der Waals surface area contributed by atoms with Gasteiger partial charge < -0.3 is 9.64 Å². The Labute approximate surface area is 209 Å². The van der Waals surface area contributed by atoms with Crippen LogP contribution in [-0.4, -0.2) is 49.1 Å². The first-order chi connectivity index (χ1) is 17.0. The summed E-state index contributed by atoms with van der Waals surface area (Å²) in [7, 11) is 1.67. The van der Waals surface area contributed by atoms with Crippen molar-refractivity contribution in [1.29, 1.82) is 0 Å². The molecule has 0 atom stereocenters. The fraction of sp³-hybridized carbons (Fsp3) is 0.286. The summed E-state index contributed by atoms with van der Waals surface area (Å²) in [6.07, 6.45) is 7.60. The zero-order valence-corrected chi connectivity index (χ0v) is 20.3. The van der Waals surface area contributed by atoms with Crippen LogP contribution in [0.15, 0.2) is 66.9 Å². The van der Waals surface area contributed by atoms with E-state index in [9.17, 15) is 9.18 Å². The summed E-state index contributed by atoms with van der Waals surface area (Å²) in [5, 5.41) is 0.307. The molecule has 0 saturated carbocycles. The molecule has 2 aromatic carbocycles. The third-order valence-corrected chi connectivity index (χ3v) is 7.31. The highest BCUT2D eigenvalue weighted by Crippen LogP contribution is 2.48. The molecular formula is C28H27ClFN3O2. The maximum absolute atomic E-state index is 13.5. The third kappa shape index (κ3) is 4.81. The largest absolute Gasteiger partial charge is 0.497 e. The number of carbonyl (C=O) groups excluding carboxylic acids is 1. The van der Waals surface area contributed by atoms with Crippen molar-refractivity contribution in [3.05, 3.63) is 94.5 Å². The lowest BCUT2D eigenvalue weighted by atomic mass is 9.74. The highest BCUT2D eigenvalue weighted by Gasteiger charge is 2.46. The molecule has 1 spiro atoms. The van der Waals surface area contributed by atoms with E-state index in [1.165, 1.54) is 17.7 Å². The van der Waals surface area contributed by atoms with Gasteiger partial charge in [-0.3, -0.25) is 9.69 Å². The van der Waals surface area contributed by atoms with Crippen molar-refractivity contribution in [2.45, 2.75) is 18.3 Å². The minimum Gasteiger partial charge on any atom is -0.497 e. The van der Waals surface area contributed by atoms with Crippen LogP contribution in [0, 0.1) is 5.82 Å². The van der Waals surface area contributed by atoms with Crippen LogP contribution in [0.4, 0.5) is 10.1 Å². The molecule has 2 aliphatic heterocycles. The van der Waals surface area contributed by atoms with E-state index in [4.69, 9.17) is 16.3 Å². The minimum absolute atomic E-state index is 0.0674. The average Bonchev–Trinajstić information content (AvgIpc) is 3.19. The Kier molecular flexibility index (Phi) is 6.58. The van der Waals surface area contributed by atoms with E-state index in [0.29, 0.717) is 17.3 Å². The van der Waals surface area contributed by atoms with E-state index in [0.717, 1.165) is 49.5 Å². The first-order valence-corrected chi connectivity index (χ1v) is 12.1. The van der Waals surface area contributed by atoms with Crippen molar-refractivity contribution in [1.82, 2.24) is 9.88 Å². The second-order valence-corrected chi connectivity index (χ2v) is 9.56. The summed E-state index contributed by atoms with van der Waals surface area (Å²) in [4.78, 5) is 21.8. The predicted molar refractivity (Wildman–Crippen MR) is 137 cm³/mol. The fourth-order valence-corrected chi connectivity index (χ4v) is 5.32. The molecule has 1 saturated heterocycles. The Morgan fingerprint density at radius 3 is 2.63 bits per heavy atom. The molecule has 7 heteroatoms. The van der Waals surface area contributed by atoms with Gasteiger partial charge in [0.1, 0.15) is 16.7 Å². The van der Waals surface area contributed by atoms with Gasteiger partial charge in [-0.25, -0.2) is 9.37 Å².